The highest BCUT2D eigenvalue weighted by Gasteiger charge is 2.03. The maximum absolute atomic E-state index is 12.2. The topological polar surface area (TPSA) is 32.3 Å². The minimum absolute atomic E-state index is 0.131. The number of hydrogen-bond acceptors (Lipinski definition) is 2. The van der Waals surface area contributed by atoms with Crippen molar-refractivity contribution in [2.45, 2.75) is 13.8 Å². The first-order chi connectivity index (χ1) is 12.7. The quantitative estimate of drug-likeness (QED) is 0.612. The highest BCUT2D eigenvalue weighted by molar-refractivity contribution is 6.03. The van der Waals surface area contributed by atoms with Gasteiger partial charge in [-0.2, -0.15) is 0 Å². The molecule has 0 heterocycles. The molecule has 0 radical (unpaired) electrons. The summed E-state index contributed by atoms with van der Waals surface area (Å²) in [6.07, 6.45) is 3.45. The molecule has 3 heteroatoms. The summed E-state index contributed by atoms with van der Waals surface area (Å²) in [6, 6.07) is 22.2. The Hall–Kier alpha value is -3.07. The zero-order valence-electron chi connectivity index (χ0n) is 15.3. The highest BCUT2D eigenvalue weighted by atomic mass is 16.1. The molecule has 0 spiro atoms. The van der Waals surface area contributed by atoms with Gasteiger partial charge in [-0.25, -0.2) is 0 Å². The lowest BCUT2D eigenvalue weighted by Crippen LogP contribution is -2.21. The van der Waals surface area contributed by atoms with Crippen molar-refractivity contribution >= 4 is 34.1 Å². The molecule has 0 fully saturated rings. The van der Waals surface area contributed by atoms with E-state index in [4.69, 9.17) is 0 Å². The molecule has 26 heavy (non-hydrogen) atoms. The molecule has 0 bridgehead atoms. The molecule has 1 amide bonds. The number of hydrogen-bond donors (Lipinski definition) is 1. The third kappa shape index (κ3) is 4.12. The Labute approximate surface area is 155 Å². The SMILES string of the molecule is CCN(CC)c1ccc(NC(=O)/C=C/c2cccc3ccccc23)cc1. The van der Waals surface area contributed by atoms with Crippen LogP contribution in [0.1, 0.15) is 19.4 Å². The lowest BCUT2D eigenvalue weighted by atomic mass is 10.0. The molecule has 0 aromatic heterocycles. The van der Waals surface area contributed by atoms with Crippen LogP contribution in [-0.2, 0) is 4.79 Å². The second-order valence-corrected chi connectivity index (χ2v) is 6.11. The van der Waals surface area contributed by atoms with E-state index in [9.17, 15) is 4.79 Å². The van der Waals surface area contributed by atoms with Crippen LogP contribution in [0.3, 0.4) is 0 Å². The molecule has 0 aliphatic carbocycles. The summed E-state index contributed by atoms with van der Waals surface area (Å²) < 4.78 is 0. The number of carbonyl (C=O) groups is 1. The van der Waals surface area contributed by atoms with Crippen LogP contribution in [0.4, 0.5) is 11.4 Å². The maximum Gasteiger partial charge on any atom is 0.248 e. The molecule has 0 atom stereocenters. The zero-order valence-corrected chi connectivity index (χ0v) is 15.3. The lowest BCUT2D eigenvalue weighted by molar-refractivity contribution is -0.111. The largest absolute Gasteiger partial charge is 0.372 e. The van der Waals surface area contributed by atoms with Crippen molar-refractivity contribution < 1.29 is 4.79 Å². The molecule has 132 valence electrons. The van der Waals surface area contributed by atoms with Crippen molar-refractivity contribution in [3.63, 3.8) is 0 Å². The van der Waals surface area contributed by atoms with Gasteiger partial charge in [0.1, 0.15) is 0 Å². The zero-order chi connectivity index (χ0) is 18.4. The van der Waals surface area contributed by atoms with E-state index in [1.54, 1.807) is 6.08 Å². The predicted octanol–water partition coefficient (Wildman–Crippen LogP) is 5.34. The number of anilines is 2. The lowest BCUT2D eigenvalue weighted by Gasteiger charge is -2.21. The van der Waals surface area contributed by atoms with Crippen LogP contribution in [0.2, 0.25) is 0 Å². The number of nitrogens with one attached hydrogen (secondary N) is 1. The molecule has 0 saturated heterocycles. The van der Waals surface area contributed by atoms with Gasteiger partial charge in [-0.15, -0.1) is 0 Å². The summed E-state index contributed by atoms with van der Waals surface area (Å²) in [6.45, 7) is 6.21. The molecule has 1 N–H and O–H groups in total. The highest BCUT2D eigenvalue weighted by Crippen LogP contribution is 2.20. The molecule has 3 nitrogen and oxygen atoms in total. The van der Waals surface area contributed by atoms with E-state index in [1.807, 2.05) is 54.6 Å². The fourth-order valence-electron chi connectivity index (χ4n) is 3.09. The smallest absolute Gasteiger partial charge is 0.248 e. The Bertz CT molecular complexity index is 904. The summed E-state index contributed by atoms with van der Waals surface area (Å²) >= 11 is 0. The van der Waals surface area contributed by atoms with Crippen LogP contribution >= 0.6 is 0 Å². The number of benzene rings is 3. The Kier molecular flexibility index (Phi) is 5.69. The normalized spacial score (nSPS) is 11.0. The van der Waals surface area contributed by atoms with Crippen molar-refractivity contribution in [1.29, 1.82) is 0 Å². The molecule has 3 aromatic rings. The molecule has 0 aliphatic heterocycles. The maximum atomic E-state index is 12.2. The average molecular weight is 344 g/mol. The number of nitrogens with zero attached hydrogens (tertiary/aromatic N) is 1. The van der Waals surface area contributed by atoms with Gasteiger partial charge in [0.05, 0.1) is 0 Å². The van der Waals surface area contributed by atoms with Crippen LogP contribution in [0, 0.1) is 0 Å². The van der Waals surface area contributed by atoms with Crippen LogP contribution in [0.5, 0.6) is 0 Å². The minimum Gasteiger partial charge on any atom is -0.372 e. The van der Waals surface area contributed by atoms with Gasteiger partial charge in [0, 0.05) is 30.5 Å². The van der Waals surface area contributed by atoms with E-state index in [-0.39, 0.29) is 5.91 Å². The fourth-order valence-corrected chi connectivity index (χ4v) is 3.09. The summed E-state index contributed by atoms with van der Waals surface area (Å²) in [7, 11) is 0. The van der Waals surface area contributed by atoms with Gasteiger partial charge in [0.25, 0.3) is 0 Å². The molecule has 0 unspecified atom stereocenters. The first kappa shape index (κ1) is 17.7. The number of rotatable bonds is 6. The number of fused-ring (bicyclic) bond motifs is 1. The van der Waals surface area contributed by atoms with E-state index >= 15 is 0 Å². The minimum atomic E-state index is -0.131. The van der Waals surface area contributed by atoms with Crippen molar-refractivity contribution in [2.24, 2.45) is 0 Å². The predicted molar refractivity (Wildman–Crippen MR) is 112 cm³/mol. The third-order valence-electron chi connectivity index (χ3n) is 4.50. The number of carbonyl (C=O) groups excluding carboxylic acids is 1. The summed E-state index contributed by atoms with van der Waals surface area (Å²) in [5.41, 5.74) is 3.00. The van der Waals surface area contributed by atoms with Crippen LogP contribution in [-0.4, -0.2) is 19.0 Å². The van der Waals surface area contributed by atoms with Gasteiger partial charge < -0.3 is 10.2 Å². The van der Waals surface area contributed by atoms with E-state index in [2.05, 4.69) is 42.3 Å². The second-order valence-electron chi connectivity index (χ2n) is 6.11. The Morgan fingerprint density at radius 3 is 2.35 bits per heavy atom. The monoisotopic (exact) mass is 344 g/mol. The van der Waals surface area contributed by atoms with Gasteiger partial charge in [-0.05, 0) is 60.5 Å². The first-order valence-electron chi connectivity index (χ1n) is 9.03. The Morgan fingerprint density at radius 1 is 0.923 bits per heavy atom. The summed E-state index contributed by atoms with van der Waals surface area (Å²) in [4.78, 5) is 14.5. The Balaban J connectivity index is 1.69. The first-order valence-corrected chi connectivity index (χ1v) is 9.03. The Morgan fingerprint density at radius 2 is 1.62 bits per heavy atom. The van der Waals surface area contributed by atoms with Gasteiger partial charge in [0.15, 0.2) is 0 Å². The summed E-state index contributed by atoms with van der Waals surface area (Å²) in [5, 5.41) is 5.23. The molecule has 0 aliphatic rings. The van der Waals surface area contributed by atoms with Gasteiger partial charge in [-0.1, -0.05) is 42.5 Å². The molecule has 0 saturated carbocycles. The molecule has 3 aromatic carbocycles. The van der Waals surface area contributed by atoms with E-state index < -0.39 is 0 Å². The van der Waals surface area contributed by atoms with Crippen LogP contribution in [0.25, 0.3) is 16.8 Å². The van der Waals surface area contributed by atoms with Gasteiger partial charge in [-0.3, -0.25) is 4.79 Å². The van der Waals surface area contributed by atoms with Crippen molar-refractivity contribution in [3.8, 4) is 0 Å². The van der Waals surface area contributed by atoms with Crippen LogP contribution < -0.4 is 10.2 Å². The second kappa shape index (κ2) is 8.34. The number of amides is 1. The summed E-state index contributed by atoms with van der Waals surface area (Å²) in [5.74, 6) is -0.131. The van der Waals surface area contributed by atoms with Crippen LogP contribution in [0.15, 0.2) is 72.8 Å². The van der Waals surface area contributed by atoms with Crippen molar-refractivity contribution in [1.82, 2.24) is 0 Å². The fraction of sp³-hybridized carbons (Fsp3) is 0.174. The standard InChI is InChI=1S/C23H24N2O/c1-3-25(4-2)21-15-13-20(14-16-21)24-23(26)17-12-19-10-7-9-18-8-5-6-11-22(18)19/h5-17H,3-4H2,1-2H3,(H,24,26)/b17-12+. The van der Waals surface area contributed by atoms with E-state index in [1.165, 1.54) is 11.1 Å². The van der Waals surface area contributed by atoms with E-state index in [0.29, 0.717) is 0 Å². The molecular weight excluding hydrogens is 320 g/mol. The third-order valence-corrected chi connectivity index (χ3v) is 4.50. The van der Waals surface area contributed by atoms with Gasteiger partial charge in [0.2, 0.25) is 5.91 Å². The molecular formula is C23H24N2O. The van der Waals surface area contributed by atoms with Gasteiger partial charge >= 0.3 is 0 Å². The van der Waals surface area contributed by atoms with Crippen molar-refractivity contribution in [2.75, 3.05) is 23.3 Å². The van der Waals surface area contributed by atoms with E-state index in [0.717, 1.165) is 29.7 Å². The average Bonchev–Trinajstić information content (AvgIpc) is 2.68. The molecule has 3 rings (SSSR count). The van der Waals surface area contributed by atoms with Crippen molar-refractivity contribution in [3.05, 3.63) is 78.4 Å².